The molecule has 1 aliphatic heterocycles. The highest BCUT2D eigenvalue weighted by molar-refractivity contribution is 9.10. The predicted octanol–water partition coefficient (Wildman–Crippen LogP) is 4.76. The molecule has 0 aromatic heterocycles. The molecule has 3 rings (SSSR count). The van der Waals surface area contributed by atoms with Gasteiger partial charge in [0.15, 0.2) is 0 Å². The van der Waals surface area contributed by atoms with Crippen molar-refractivity contribution in [1.82, 2.24) is 4.90 Å². The highest BCUT2D eigenvalue weighted by atomic mass is 79.9. The molecule has 0 spiro atoms. The number of ether oxygens (including phenoxy) is 2. The molecule has 0 radical (unpaired) electrons. The van der Waals surface area contributed by atoms with E-state index in [1.165, 1.54) is 5.56 Å². The third kappa shape index (κ3) is 4.04. The molecule has 1 heterocycles. The van der Waals surface area contributed by atoms with Gasteiger partial charge in [0.1, 0.15) is 11.5 Å². The fourth-order valence-corrected chi connectivity index (χ4v) is 4.05. The Hall–Kier alpha value is -2.01. The Labute approximate surface area is 163 Å². The molecular weight excluding hydrogens is 394 g/mol. The smallest absolute Gasteiger partial charge is 0.223 e. The van der Waals surface area contributed by atoms with Crippen molar-refractivity contribution in [1.29, 1.82) is 0 Å². The number of amides is 1. The van der Waals surface area contributed by atoms with Crippen molar-refractivity contribution in [3.63, 3.8) is 0 Å². The highest BCUT2D eigenvalue weighted by Gasteiger charge is 2.31. The summed E-state index contributed by atoms with van der Waals surface area (Å²) < 4.78 is 11.9. The van der Waals surface area contributed by atoms with Gasteiger partial charge in [-0.3, -0.25) is 4.79 Å². The first-order valence-electron chi connectivity index (χ1n) is 8.89. The summed E-state index contributed by atoms with van der Waals surface area (Å²) in [5, 5.41) is 0. The Morgan fingerprint density at radius 1 is 1.19 bits per heavy atom. The van der Waals surface area contributed by atoms with Crippen LogP contribution in [-0.2, 0) is 11.2 Å². The number of hydrogen-bond donors (Lipinski definition) is 0. The van der Waals surface area contributed by atoms with Gasteiger partial charge in [0.2, 0.25) is 5.91 Å². The number of halogens is 1. The van der Waals surface area contributed by atoms with Crippen molar-refractivity contribution in [2.45, 2.75) is 31.7 Å². The third-order valence-corrected chi connectivity index (χ3v) is 5.71. The minimum Gasteiger partial charge on any atom is -0.497 e. The molecule has 1 amide bonds. The summed E-state index contributed by atoms with van der Waals surface area (Å²) >= 11 is 3.56. The van der Waals surface area contributed by atoms with Crippen LogP contribution in [0.25, 0.3) is 0 Å². The molecule has 2 aromatic carbocycles. The summed E-state index contributed by atoms with van der Waals surface area (Å²) in [6.07, 6.45) is 3.23. The van der Waals surface area contributed by atoms with Crippen molar-refractivity contribution in [2.24, 2.45) is 0 Å². The van der Waals surface area contributed by atoms with Crippen LogP contribution in [0.15, 0.2) is 46.9 Å². The zero-order valence-corrected chi connectivity index (χ0v) is 16.8. The van der Waals surface area contributed by atoms with Crippen molar-refractivity contribution < 1.29 is 14.3 Å². The standard InChI is InChI=1S/C21H24BrNO3/c1-25-16-10-11-17(20(14-16)26-2)19-8-5-13-23(19)21(24)12-9-15-6-3-4-7-18(15)22/h3-4,6-7,10-11,14,19H,5,8-9,12-13H2,1-2H3. The van der Waals surface area contributed by atoms with E-state index in [-0.39, 0.29) is 11.9 Å². The topological polar surface area (TPSA) is 38.8 Å². The van der Waals surface area contributed by atoms with E-state index >= 15 is 0 Å². The van der Waals surface area contributed by atoms with E-state index in [1.807, 2.05) is 41.3 Å². The largest absolute Gasteiger partial charge is 0.497 e. The van der Waals surface area contributed by atoms with Crippen LogP contribution in [0.5, 0.6) is 11.5 Å². The third-order valence-electron chi connectivity index (χ3n) is 4.94. The van der Waals surface area contributed by atoms with Gasteiger partial charge in [0, 0.05) is 29.1 Å². The second-order valence-corrected chi connectivity index (χ2v) is 7.30. The Balaban J connectivity index is 1.73. The van der Waals surface area contributed by atoms with Gasteiger partial charge in [-0.15, -0.1) is 0 Å². The van der Waals surface area contributed by atoms with Crippen LogP contribution >= 0.6 is 15.9 Å². The zero-order valence-electron chi connectivity index (χ0n) is 15.2. The second-order valence-electron chi connectivity index (χ2n) is 6.44. The van der Waals surface area contributed by atoms with Crippen LogP contribution in [-0.4, -0.2) is 31.6 Å². The van der Waals surface area contributed by atoms with Gasteiger partial charge in [-0.1, -0.05) is 34.1 Å². The minimum atomic E-state index is 0.0718. The SMILES string of the molecule is COc1ccc(C2CCCN2C(=O)CCc2ccccc2Br)c(OC)c1. The highest BCUT2D eigenvalue weighted by Crippen LogP contribution is 2.39. The quantitative estimate of drug-likeness (QED) is 0.679. The van der Waals surface area contributed by atoms with E-state index in [2.05, 4.69) is 22.0 Å². The molecule has 1 fully saturated rings. The van der Waals surface area contributed by atoms with Crippen molar-refractivity contribution in [2.75, 3.05) is 20.8 Å². The van der Waals surface area contributed by atoms with Gasteiger partial charge < -0.3 is 14.4 Å². The van der Waals surface area contributed by atoms with Gasteiger partial charge in [-0.05, 0) is 43.0 Å². The van der Waals surface area contributed by atoms with Gasteiger partial charge >= 0.3 is 0 Å². The Morgan fingerprint density at radius 2 is 2.00 bits per heavy atom. The second kappa shape index (κ2) is 8.58. The summed E-state index contributed by atoms with van der Waals surface area (Å²) in [7, 11) is 3.30. The predicted molar refractivity (Wildman–Crippen MR) is 106 cm³/mol. The Kier molecular flexibility index (Phi) is 6.20. The minimum absolute atomic E-state index is 0.0718. The Morgan fingerprint density at radius 3 is 2.73 bits per heavy atom. The molecule has 0 aliphatic carbocycles. The van der Waals surface area contributed by atoms with Crippen molar-refractivity contribution >= 4 is 21.8 Å². The average molecular weight is 418 g/mol. The molecule has 1 aliphatic rings. The van der Waals surface area contributed by atoms with E-state index in [9.17, 15) is 4.79 Å². The molecule has 0 N–H and O–H groups in total. The summed E-state index contributed by atoms with van der Waals surface area (Å²) in [6, 6.07) is 14.0. The maximum atomic E-state index is 12.9. The first-order chi connectivity index (χ1) is 12.6. The number of aryl methyl sites for hydroxylation is 1. The molecule has 2 aromatic rings. The van der Waals surface area contributed by atoms with Gasteiger partial charge in [0.25, 0.3) is 0 Å². The van der Waals surface area contributed by atoms with E-state index in [0.717, 1.165) is 47.3 Å². The number of carbonyl (C=O) groups is 1. The lowest BCUT2D eigenvalue weighted by atomic mass is 10.0. The molecule has 26 heavy (non-hydrogen) atoms. The van der Waals surface area contributed by atoms with E-state index in [0.29, 0.717) is 6.42 Å². The molecule has 1 atom stereocenters. The fraction of sp³-hybridized carbons (Fsp3) is 0.381. The maximum Gasteiger partial charge on any atom is 0.223 e. The summed E-state index contributed by atoms with van der Waals surface area (Å²) in [4.78, 5) is 14.9. The summed E-state index contributed by atoms with van der Waals surface area (Å²) in [5.41, 5.74) is 2.22. The fourth-order valence-electron chi connectivity index (χ4n) is 3.57. The first-order valence-corrected chi connectivity index (χ1v) is 9.68. The number of carbonyl (C=O) groups excluding carboxylic acids is 1. The maximum absolute atomic E-state index is 12.9. The average Bonchev–Trinajstić information content (AvgIpc) is 3.16. The molecule has 5 heteroatoms. The lowest BCUT2D eigenvalue weighted by Gasteiger charge is -2.26. The lowest BCUT2D eigenvalue weighted by Crippen LogP contribution is -2.31. The van der Waals surface area contributed by atoms with Crippen molar-refractivity contribution in [3.8, 4) is 11.5 Å². The Bertz CT molecular complexity index is 778. The number of likely N-dealkylation sites (tertiary alicyclic amines) is 1. The summed E-state index contributed by atoms with van der Waals surface area (Å²) in [5.74, 6) is 1.73. The monoisotopic (exact) mass is 417 g/mol. The number of nitrogens with zero attached hydrogens (tertiary/aromatic N) is 1. The normalized spacial score (nSPS) is 16.6. The number of methoxy groups -OCH3 is 2. The van der Waals surface area contributed by atoms with Crippen LogP contribution < -0.4 is 9.47 Å². The van der Waals surface area contributed by atoms with E-state index < -0.39 is 0 Å². The van der Waals surface area contributed by atoms with E-state index in [4.69, 9.17) is 9.47 Å². The van der Waals surface area contributed by atoms with E-state index in [1.54, 1.807) is 14.2 Å². The van der Waals surface area contributed by atoms with Crippen LogP contribution in [0.2, 0.25) is 0 Å². The number of hydrogen-bond acceptors (Lipinski definition) is 3. The molecule has 4 nitrogen and oxygen atoms in total. The first kappa shape index (κ1) is 18.8. The molecule has 138 valence electrons. The van der Waals surface area contributed by atoms with Crippen LogP contribution in [0.3, 0.4) is 0 Å². The zero-order chi connectivity index (χ0) is 18.5. The number of rotatable bonds is 6. The van der Waals surface area contributed by atoms with Gasteiger partial charge in [0.05, 0.1) is 20.3 Å². The van der Waals surface area contributed by atoms with Gasteiger partial charge in [-0.2, -0.15) is 0 Å². The van der Waals surface area contributed by atoms with Crippen molar-refractivity contribution in [3.05, 3.63) is 58.1 Å². The molecule has 1 unspecified atom stereocenters. The molecular formula is C21H24BrNO3. The van der Waals surface area contributed by atoms with Gasteiger partial charge in [-0.25, -0.2) is 0 Å². The number of benzene rings is 2. The van der Waals surface area contributed by atoms with Crippen LogP contribution in [0, 0.1) is 0 Å². The van der Waals surface area contributed by atoms with Crippen LogP contribution in [0.4, 0.5) is 0 Å². The molecule has 1 saturated heterocycles. The lowest BCUT2D eigenvalue weighted by molar-refractivity contribution is -0.132. The summed E-state index contributed by atoms with van der Waals surface area (Å²) in [6.45, 7) is 0.800. The molecule has 0 saturated carbocycles. The van der Waals surface area contributed by atoms with Crippen LogP contribution in [0.1, 0.15) is 36.4 Å². The molecule has 0 bridgehead atoms.